The molecule has 1 aromatic heterocycles. The van der Waals surface area contributed by atoms with E-state index in [2.05, 4.69) is 15.6 Å². The Morgan fingerprint density at radius 2 is 2.04 bits per heavy atom. The van der Waals surface area contributed by atoms with Crippen LogP contribution in [0.25, 0.3) is 0 Å². The van der Waals surface area contributed by atoms with E-state index in [9.17, 15) is 14.9 Å². The van der Waals surface area contributed by atoms with Crippen LogP contribution in [0.5, 0.6) is 0 Å². The first-order valence-electron chi connectivity index (χ1n) is 8.13. The number of benzene rings is 2. The number of aryl methyl sites for hydroxylation is 1. The van der Waals surface area contributed by atoms with Crippen molar-refractivity contribution in [1.29, 1.82) is 0 Å². The fraction of sp³-hybridized carbons (Fsp3) is 0.111. The number of aromatic nitrogens is 2. The number of anilines is 1. The highest BCUT2D eigenvalue weighted by Crippen LogP contribution is 2.36. The van der Waals surface area contributed by atoms with E-state index < -0.39 is 11.1 Å². The maximum atomic E-state index is 12.3. The Morgan fingerprint density at radius 3 is 2.78 bits per heavy atom. The average molecular weight is 381 g/mol. The third kappa shape index (κ3) is 3.24. The molecule has 2 N–H and O–H groups in total. The standard InChI is InChI=1S/C18H15N5O3S/c1-22-9-8-19-18(22)27-15-7-6-11(10-14(15)23(25)26)16-20-13-5-3-2-4-12(13)17(24)21-16/h2-10,16,20H,1H3,(H,21,24). The van der Waals surface area contributed by atoms with Gasteiger partial charge in [-0.05, 0) is 30.0 Å². The number of nitro groups is 1. The van der Waals surface area contributed by atoms with E-state index in [4.69, 9.17) is 0 Å². The maximum absolute atomic E-state index is 12.3. The summed E-state index contributed by atoms with van der Waals surface area (Å²) in [4.78, 5) is 28.2. The fourth-order valence-electron chi connectivity index (χ4n) is 2.87. The summed E-state index contributed by atoms with van der Waals surface area (Å²) in [6, 6.07) is 12.1. The fourth-order valence-corrected chi connectivity index (χ4v) is 3.75. The molecule has 2 aromatic carbocycles. The van der Waals surface area contributed by atoms with E-state index >= 15 is 0 Å². The van der Waals surface area contributed by atoms with Crippen molar-refractivity contribution < 1.29 is 9.72 Å². The first-order valence-corrected chi connectivity index (χ1v) is 8.94. The van der Waals surface area contributed by atoms with Gasteiger partial charge in [0.25, 0.3) is 11.6 Å². The summed E-state index contributed by atoms with van der Waals surface area (Å²) < 4.78 is 1.79. The van der Waals surface area contributed by atoms with Crippen molar-refractivity contribution in [1.82, 2.24) is 14.9 Å². The van der Waals surface area contributed by atoms with Crippen LogP contribution in [0, 0.1) is 10.1 Å². The molecule has 0 saturated carbocycles. The molecular formula is C18H15N5O3S. The summed E-state index contributed by atoms with van der Waals surface area (Å²) in [5.41, 5.74) is 1.81. The molecule has 0 spiro atoms. The number of amides is 1. The van der Waals surface area contributed by atoms with Crippen molar-refractivity contribution in [3.05, 3.63) is 76.1 Å². The van der Waals surface area contributed by atoms with Crippen LogP contribution in [0.2, 0.25) is 0 Å². The summed E-state index contributed by atoms with van der Waals surface area (Å²) in [6.45, 7) is 0. The summed E-state index contributed by atoms with van der Waals surface area (Å²) in [6.07, 6.45) is 2.88. The zero-order valence-corrected chi connectivity index (χ0v) is 15.1. The van der Waals surface area contributed by atoms with Crippen LogP contribution in [0.4, 0.5) is 11.4 Å². The summed E-state index contributed by atoms with van der Waals surface area (Å²) >= 11 is 1.22. The van der Waals surface area contributed by atoms with Gasteiger partial charge < -0.3 is 15.2 Å². The SMILES string of the molecule is Cn1ccnc1Sc1ccc(C2NC(=O)c3ccccc3N2)cc1[N+](=O)[O-]. The van der Waals surface area contributed by atoms with Gasteiger partial charge >= 0.3 is 0 Å². The van der Waals surface area contributed by atoms with Crippen LogP contribution < -0.4 is 10.6 Å². The van der Waals surface area contributed by atoms with E-state index in [0.29, 0.717) is 26.9 Å². The Morgan fingerprint density at radius 1 is 1.22 bits per heavy atom. The van der Waals surface area contributed by atoms with Crippen LogP contribution in [0.3, 0.4) is 0 Å². The Bertz CT molecular complexity index is 1050. The lowest BCUT2D eigenvalue weighted by atomic mass is 10.1. The number of rotatable bonds is 4. The van der Waals surface area contributed by atoms with Crippen LogP contribution in [-0.4, -0.2) is 20.4 Å². The van der Waals surface area contributed by atoms with Crippen LogP contribution in [-0.2, 0) is 7.05 Å². The summed E-state index contributed by atoms with van der Waals surface area (Å²) in [5, 5.41) is 18.3. The molecule has 0 bridgehead atoms. The van der Waals surface area contributed by atoms with Crippen LogP contribution in [0.1, 0.15) is 22.1 Å². The molecule has 0 fully saturated rings. The lowest BCUT2D eigenvalue weighted by Crippen LogP contribution is -2.38. The number of para-hydroxylation sites is 1. The quantitative estimate of drug-likeness (QED) is 0.531. The highest BCUT2D eigenvalue weighted by Gasteiger charge is 2.26. The zero-order valence-electron chi connectivity index (χ0n) is 14.2. The number of imidazole rings is 1. The molecular weight excluding hydrogens is 366 g/mol. The second kappa shape index (κ2) is 6.76. The van der Waals surface area contributed by atoms with Crippen LogP contribution >= 0.6 is 11.8 Å². The van der Waals surface area contributed by atoms with E-state index in [0.717, 1.165) is 0 Å². The molecule has 1 aliphatic rings. The molecule has 1 aliphatic heterocycles. The second-order valence-electron chi connectivity index (χ2n) is 6.00. The lowest BCUT2D eigenvalue weighted by molar-refractivity contribution is -0.387. The van der Waals surface area contributed by atoms with Gasteiger partial charge in [0.15, 0.2) is 5.16 Å². The molecule has 8 nitrogen and oxygen atoms in total. The molecule has 1 unspecified atom stereocenters. The molecule has 0 aliphatic carbocycles. The van der Waals surface area contributed by atoms with E-state index in [1.54, 1.807) is 47.3 Å². The van der Waals surface area contributed by atoms with Gasteiger partial charge in [-0.2, -0.15) is 0 Å². The first-order chi connectivity index (χ1) is 13.0. The molecule has 0 radical (unpaired) electrons. The van der Waals surface area contributed by atoms with E-state index in [1.807, 2.05) is 13.1 Å². The zero-order chi connectivity index (χ0) is 19.0. The molecule has 0 saturated heterocycles. The van der Waals surface area contributed by atoms with Crippen molar-refractivity contribution in [2.75, 3.05) is 5.32 Å². The number of carbonyl (C=O) groups is 1. The number of nitrogens with one attached hydrogen (secondary N) is 2. The predicted octanol–water partition coefficient (Wildman–Crippen LogP) is 3.33. The van der Waals surface area contributed by atoms with Gasteiger partial charge in [0.05, 0.1) is 15.4 Å². The molecule has 1 atom stereocenters. The Hall–Kier alpha value is -3.33. The van der Waals surface area contributed by atoms with E-state index in [1.165, 1.54) is 17.8 Å². The number of hydrogen-bond acceptors (Lipinski definition) is 6. The third-order valence-corrected chi connectivity index (χ3v) is 5.38. The topological polar surface area (TPSA) is 102 Å². The van der Waals surface area contributed by atoms with Gasteiger partial charge in [-0.3, -0.25) is 14.9 Å². The highest BCUT2D eigenvalue weighted by molar-refractivity contribution is 7.99. The van der Waals surface area contributed by atoms with Gasteiger partial charge in [-0.15, -0.1) is 0 Å². The largest absolute Gasteiger partial charge is 0.361 e. The Balaban J connectivity index is 1.67. The minimum absolute atomic E-state index is 0.0320. The van der Waals surface area contributed by atoms with Crippen molar-refractivity contribution in [2.45, 2.75) is 16.2 Å². The molecule has 136 valence electrons. The molecule has 4 rings (SSSR count). The molecule has 9 heteroatoms. The predicted molar refractivity (Wildman–Crippen MR) is 101 cm³/mol. The van der Waals surface area contributed by atoms with Gasteiger partial charge in [0.2, 0.25) is 0 Å². The number of hydrogen-bond donors (Lipinski definition) is 2. The molecule has 2 heterocycles. The normalized spacial score (nSPS) is 15.6. The van der Waals surface area contributed by atoms with Gasteiger partial charge in [0.1, 0.15) is 6.17 Å². The lowest BCUT2D eigenvalue weighted by Gasteiger charge is -2.28. The van der Waals surface area contributed by atoms with Crippen molar-refractivity contribution >= 4 is 29.0 Å². The Labute approximate surface area is 158 Å². The minimum Gasteiger partial charge on any atom is -0.361 e. The van der Waals surface area contributed by atoms with Crippen molar-refractivity contribution in [3.8, 4) is 0 Å². The van der Waals surface area contributed by atoms with Gasteiger partial charge in [0, 0.05) is 36.8 Å². The van der Waals surface area contributed by atoms with Gasteiger partial charge in [-0.25, -0.2) is 4.98 Å². The molecule has 1 amide bonds. The second-order valence-corrected chi connectivity index (χ2v) is 7.01. The number of nitrogens with zero attached hydrogens (tertiary/aromatic N) is 3. The Kier molecular flexibility index (Phi) is 4.28. The smallest absolute Gasteiger partial charge is 0.283 e. The van der Waals surface area contributed by atoms with Gasteiger partial charge in [-0.1, -0.05) is 18.2 Å². The van der Waals surface area contributed by atoms with Crippen molar-refractivity contribution in [3.63, 3.8) is 0 Å². The van der Waals surface area contributed by atoms with Crippen LogP contribution in [0.15, 0.2) is 64.9 Å². The highest BCUT2D eigenvalue weighted by atomic mass is 32.2. The maximum Gasteiger partial charge on any atom is 0.283 e. The summed E-state index contributed by atoms with van der Waals surface area (Å²) in [5.74, 6) is -0.219. The minimum atomic E-state index is -0.543. The number of fused-ring (bicyclic) bond motifs is 1. The molecule has 27 heavy (non-hydrogen) atoms. The average Bonchev–Trinajstić information content (AvgIpc) is 3.06. The molecule has 3 aromatic rings. The summed E-state index contributed by atoms with van der Waals surface area (Å²) in [7, 11) is 1.83. The number of nitro benzene ring substituents is 1. The third-order valence-electron chi connectivity index (χ3n) is 4.24. The first kappa shape index (κ1) is 17.1. The van der Waals surface area contributed by atoms with E-state index in [-0.39, 0.29) is 11.6 Å². The van der Waals surface area contributed by atoms with Crippen molar-refractivity contribution in [2.24, 2.45) is 7.05 Å². The number of carbonyl (C=O) groups excluding carboxylic acids is 1. The monoisotopic (exact) mass is 381 g/mol.